The monoisotopic (exact) mass is 266 g/mol. The highest BCUT2D eigenvalue weighted by molar-refractivity contribution is 5.76. The molecule has 0 aromatic carbocycles. The zero-order valence-electron chi connectivity index (χ0n) is 12.7. The van der Waals surface area contributed by atoms with E-state index in [2.05, 4.69) is 23.6 Å². The Morgan fingerprint density at radius 3 is 2.53 bits per heavy atom. The first-order valence-electron chi connectivity index (χ1n) is 8.22. The van der Waals surface area contributed by atoms with E-state index in [0.717, 1.165) is 38.0 Å². The molecule has 2 aliphatic heterocycles. The molecule has 2 saturated heterocycles. The summed E-state index contributed by atoms with van der Waals surface area (Å²) in [5, 5.41) is 0. The minimum Gasteiger partial charge on any atom is -0.343 e. The van der Waals surface area contributed by atoms with Crippen LogP contribution in [-0.4, -0.2) is 47.9 Å². The van der Waals surface area contributed by atoms with Gasteiger partial charge >= 0.3 is 0 Å². The Hall–Kier alpha value is -0.570. The summed E-state index contributed by atoms with van der Waals surface area (Å²) in [4.78, 5) is 16.9. The van der Waals surface area contributed by atoms with Gasteiger partial charge in [0.15, 0.2) is 0 Å². The summed E-state index contributed by atoms with van der Waals surface area (Å²) in [6.07, 6.45) is 8.34. The Bertz CT molecular complexity index is 284. The molecule has 0 spiro atoms. The maximum atomic E-state index is 12.2. The van der Waals surface area contributed by atoms with Crippen LogP contribution in [0.4, 0.5) is 0 Å². The van der Waals surface area contributed by atoms with Gasteiger partial charge < -0.3 is 4.90 Å². The molecule has 0 aromatic heterocycles. The van der Waals surface area contributed by atoms with Crippen LogP contribution >= 0.6 is 0 Å². The molecule has 19 heavy (non-hydrogen) atoms. The van der Waals surface area contributed by atoms with Crippen molar-refractivity contribution < 1.29 is 4.79 Å². The molecule has 1 unspecified atom stereocenters. The van der Waals surface area contributed by atoms with E-state index >= 15 is 0 Å². The van der Waals surface area contributed by atoms with E-state index in [-0.39, 0.29) is 0 Å². The maximum absolute atomic E-state index is 12.2. The summed E-state index contributed by atoms with van der Waals surface area (Å²) in [6.45, 7) is 8.71. The second kappa shape index (κ2) is 7.28. The molecule has 0 aromatic rings. The molecule has 0 radical (unpaired) electrons. The van der Waals surface area contributed by atoms with Crippen LogP contribution < -0.4 is 0 Å². The number of hydrogen-bond donors (Lipinski definition) is 0. The largest absolute Gasteiger partial charge is 0.343 e. The maximum Gasteiger partial charge on any atom is 0.223 e. The van der Waals surface area contributed by atoms with Gasteiger partial charge in [0.05, 0.1) is 0 Å². The van der Waals surface area contributed by atoms with Crippen molar-refractivity contribution in [2.45, 2.75) is 64.8 Å². The zero-order chi connectivity index (χ0) is 13.7. The fraction of sp³-hybridized carbons (Fsp3) is 0.938. The summed E-state index contributed by atoms with van der Waals surface area (Å²) in [5.41, 5.74) is 0. The Morgan fingerprint density at radius 2 is 1.84 bits per heavy atom. The topological polar surface area (TPSA) is 23.6 Å². The smallest absolute Gasteiger partial charge is 0.223 e. The second-order valence-corrected chi connectivity index (χ2v) is 6.41. The van der Waals surface area contributed by atoms with Crippen LogP contribution in [0.1, 0.15) is 58.8 Å². The van der Waals surface area contributed by atoms with Crippen molar-refractivity contribution in [2.24, 2.45) is 5.92 Å². The van der Waals surface area contributed by atoms with Crippen LogP contribution in [0.2, 0.25) is 0 Å². The van der Waals surface area contributed by atoms with Crippen molar-refractivity contribution in [3.05, 3.63) is 0 Å². The molecule has 0 saturated carbocycles. The molecule has 1 atom stereocenters. The van der Waals surface area contributed by atoms with E-state index in [4.69, 9.17) is 0 Å². The average molecular weight is 266 g/mol. The Labute approximate surface area is 118 Å². The van der Waals surface area contributed by atoms with Gasteiger partial charge in [-0.2, -0.15) is 0 Å². The van der Waals surface area contributed by atoms with Gasteiger partial charge in [0.1, 0.15) is 0 Å². The number of rotatable bonds is 4. The summed E-state index contributed by atoms with van der Waals surface area (Å²) < 4.78 is 0. The number of carbonyl (C=O) groups excluding carboxylic acids is 1. The predicted molar refractivity (Wildman–Crippen MR) is 79.1 cm³/mol. The quantitative estimate of drug-likeness (QED) is 0.781. The lowest BCUT2D eigenvalue weighted by Gasteiger charge is -2.36. The van der Waals surface area contributed by atoms with Gasteiger partial charge in [-0.25, -0.2) is 0 Å². The number of carbonyl (C=O) groups is 1. The van der Waals surface area contributed by atoms with Crippen LogP contribution in [-0.2, 0) is 4.79 Å². The van der Waals surface area contributed by atoms with Crippen molar-refractivity contribution in [1.82, 2.24) is 9.80 Å². The Kier molecular flexibility index (Phi) is 5.68. The van der Waals surface area contributed by atoms with E-state index in [1.54, 1.807) is 0 Å². The number of nitrogens with zero attached hydrogens (tertiary/aromatic N) is 2. The fourth-order valence-electron chi connectivity index (χ4n) is 3.47. The van der Waals surface area contributed by atoms with Crippen LogP contribution in [0.3, 0.4) is 0 Å². The lowest BCUT2D eigenvalue weighted by atomic mass is 9.98. The van der Waals surface area contributed by atoms with Gasteiger partial charge in [-0.3, -0.25) is 9.69 Å². The number of piperidine rings is 2. The van der Waals surface area contributed by atoms with Crippen molar-refractivity contribution in [3.63, 3.8) is 0 Å². The molecule has 0 aliphatic carbocycles. The highest BCUT2D eigenvalue weighted by Gasteiger charge is 2.24. The highest BCUT2D eigenvalue weighted by Crippen LogP contribution is 2.20. The van der Waals surface area contributed by atoms with Crippen LogP contribution in [0.15, 0.2) is 0 Å². The molecular weight excluding hydrogens is 236 g/mol. The minimum atomic E-state index is 0.382. The zero-order valence-corrected chi connectivity index (χ0v) is 12.7. The van der Waals surface area contributed by atoms with Gasteiger partial charge in [-0.15, -0.1) is 0 Å². The third-order valence-electron chi connectivity index (χ3n) is 4.97. The van der Waals surface area contributed by atoms with Gasteiger partial charge in [-0.05, 0) is 44.6 Å². The molecule has 2 fully saturated rings. The van der Waals surface area contributed by atoms with Gasteiger partial charge in [-0.1, -0.05) is 20.3 Å². The molecule has 2 aliphatic rings. The third-order valence-corrected chi connectivity index (χ3v) is 4.97. The molecule has 2 rings (SSSR count). The molecule has 110 valence electrons. The molecule has 0 bridgehead atoms. The molecular formula is C16H30N2O. The molecule has 2 heterocycles. The minimum absolute atomic E-state index is 0.382. The number of hydrogen-bond acceptors (Lipinski definition) is 2. The highest BCUT2D eigenvalue weighted by atomic mass is 16.2. The summed E-state index contributed by atoms with van der Waals surface area (Å²) in [5.74, 6) is 1.18. The van der Waals surface area contributed by atoms with Crippen molar-refractivity contribution >= 4 is 5.91 Å². The third kappa shape index (κ3) is 4.20. The summed E-state index contributed by atoms with van der Waals surface area (Å²) in [6, 6.07) is 0.725. The Morgan fingerprint density at radius 1 is 1.11 bits per heavy atom. The SMILES string of the molecule is CCC1CCCCN1CCC(=O)N1CCC(C)CC1. The lowest BCUT2D eigenvalue weighted by molar-refractivity contribution is -0.133. The van der Waals surface area contributed by atoms with Crippen molar-refractivity contribution in [3.8, 4) is 0 Å². The van der Waals surface area contributed by atoms with Crippen LogP contribution in [0, 0.1) is 5.92 Å². The van der Waals surface area contributed by atoms with E-state index in [0.29, 0.717) is 5.91 Å². The molecule has 0 N–H and O–H groups in total. The molecule has 3 heteroatoms. The molecule has 3 nitrogen and oxygen atoms in total. The number of amides is 1. The Balaban J connectivity index is 1.73. The standard InChI is InChI=1S/C16H30N2O/c1-3-15-6-4-5-10-17(15)13-9-16(19)18-11-7-14(2)8-12-18/h14-15H,3-13H2,1-2H3. The predicted octanol–water partition coefficient (Wildman–Crippen LogP) is 2.90. The second-order valence-electron chi connectivity index (χ2n) is 6.41. The van der Waals surface area contributed by atoms with Crippen LogP contribution in [0.25, 0.3) is 0 Å². The average Bonchev–Trinajstić information content (AvgIpc) is 2.45. The summed E-state index contributed by atoms with van der Waals surface area (Å²) >= 11 is 0. The first-order chi connectivity index (χ1) is 9.20. The lowest BCUT2D eigenvalue weighted by Crippen LogP contribution is -2.43. The van der Waals surface area contributed by atoms with Gasteiger partial charge in [0, 0.05) is 32.1 Å². The van der Waals surface area contributed by atoms with E-state index in [9.17, 15) is 4.79 Å². The van der Waals surface area contributed by atoms with E-state index in [1.165, 1.54) is 45.1 Å². The summed E-state index contributed by atoms with van der Waals surface area (Å²) in [7, 11) is 0. The van der Waals surface area contributed by atoms with Crippen molar-refractivity contribution in [1.29, 1.82) is 0 Å². The first-order valence-corrected chi connectivity index (χ1v) is 8.22. The van der Waals surface area contributed by atoms with Gasteiger partial charge in [0.25, 0.3) is 0 Å². The fourth-order valence-corrected chi connectivity index (χ4v) is 3.47. The van der Waals surface area contributed by atoms with Gasteiger partial charge in [0.2, 0.25) is 5.91 Å². The molecule has 1 amide bonds. The van der Waals surface area contributed by atoms with Crippen LogP contribution in [0.5, 0.6) is 0 Å². The van der Waals surface area contributed by atoms with E-state index in [1.807, 2.05) is 0 Å². The number of likely N-dealkylation sites (tertiary alicyclic amines) is 2. The van der Waals surface area contributed by atoms with Crippen molar-refractivity contribution in [2.75, 3.05) is 26.2 Å². The first kappa shape index (κ1) is 14.8. The van der Waals surface area contributed by atoms with E-state index < -0.39 is 0 Å². The normalized spacial score (nSPS) is 26.6.